The summed E-state index contributed by atoms with van der Waals surface area (Å²) in [6, 6.07) is 3.60. The number of carbonyl (C=O) groups is 1. The summed E-state index contributed by atoms with van der Waals surface area (Å²) < 4.78 is 0. The molecule has 0 unspecified atom stereocenters. The molecule has 76 valence electrons. The van der Waals surface area contributed by atoms with Gasteiger partial charge in [0.05, 0.1) is 5.75 Å². The van der Waals surface area contributed by atoms with Crippen molar-refractivity contribution in [1.82, 2.24) is 4.98 Å². The number of nitrogens with zero attached hydrogens (tertiary/aromatic N) is 1. The minimum atomic E-state index is 0.170. The van der Waals surface area contributed by atoms with Crippen LogP contribution in [0.1, 0.15) is 24.2 Å². The van der Waals surface area contributed by atoms with Crippen LogP contribution in [-0.2, 0) is 0 Å². The fourth-order valence-corrected chi connectivity index (χ4v) is 1.94. The Morgan fingerprint density at radius 2 is 2.36 bits per heavy atom. The van der Waals surface area contributed by atoms with Crippen molar-refractivity contribution in [2.75, 3.05) is 11.5 Å². The lowest BCUT2D eigenvalue weighted by atomic mass is 10.2. The highest BCUT2D eigenvalue weighted by Gasteiger charge is 2.05. The van der Waals surface area contributed by atoms with Crippen LogP contribution in [0.25, 0.3) is 0 Å². The van der Waals surface area contributed by atoms with Gasteiger partial charge >= 0.3 is 0 Å². The number of pyridine rings is 1. The molecule has 0 saturated heterocycles. The average molecular weight is 209 g/mol. The Morgan fingerprint density at radius 1 is 1.57 bits per heavy atom. The highest BCUT2D eigenvalue weighted by molar-refractivity contribution is 7.99. The van der Waals surface area contributed by atoms with Crippen LogP contribution in [-0.4, -0.2) is 22.3 Å². The Balaban J connectivity index is 2.36. The molecule has 2 nitrogen and oxygen atoms in total. The van der Waals surface area contributed by atoms with E-state index in [1.54, 1.807) is 30.2 Å². The third-order valence-corrected chi connectivity index (χ3v) is 3.04. The van der Waals surface area contributed by atoms with Crippen molar-refractivity contribution in [3.63, 3.8) is 0 Å². The van der Waals surface area contributed by atoms with Gasteiger partial charge in [0.15, 0.2) is 5.78 Å². The van der Waals surface area contributed by atoms with Gasteiger partial charge in [-0.3, -0.25) is 9.78 Å². The van der Waals surface area contributed by atoms with Crippen LogP contribution in [0, 0.1) is 5.92 Å². The number of ketones is 1. The van der Waals surface area contributed by atoms with Gasteiger partial charge in [-0.2, -0.15) is 11.8 Å². The molecule has 0 atom stereocenters. The van der Waals surface area contributed by atoms with E-state index in [0.717, 1.165) is 5.75 Å². The summed E-state index contributed by atoms with van der Waals surface area (Å²) in [5.74, 6) is 2.40. The van der Waals surface area contributed by atoms with Crippen molar-refractivity contribution in [1.29, 1.82) is 0 Å². The summed E-state index contributed by atoms with van der Waals surface area (Å²) in [4.78, 5) is 15.5. The third-order valence-electron chi connectivity index (χ3n) is 1.67. The van der Waals surface area contributed by atoms with E-state index in [9.17, 15) is 4.79 Å². The second-order valence-corrected chi connectivity index (χ2v) is 4.60. The first-order valence-corrected chi connectivity index (χ1v) is 5.86. The van der Waals surface area contributed by atoms with Crippen LogP contribution >= 0.6 is 11.8 Å². The molecule has 14 heavy (non-hydrogen) atoms. The number of carbonyl (C=O) groups excluding carboxylic acids is 1. The molecular formula is C11H15NOS. The number of aromatic nitrogens is 1. The maximum absolute atomic E-state index is 11.6. The monoisotopic (exact) mass is 209 g/mol. The largest absolute Gasteiger partial charge is 0.293 e. The zero-order chi connectivity index (χ0) is 10.4. The van der Waals surface area contributed by atoms with Crippen molar-refractivity contribution in [3.05, 3.63) is 30.1 Å². The molecule has 0 spiro atoms. The Hall–Kier alpha value is -0.830. The Morgan fingerprint density at radius 3 is 2.93 bits per heavy atom. The van der Waals surface area contributed by atoms with E-state index in [-0.39, 0.29) is 5.78 Å². The number of hydrogen-bond acceptors (Lipinski definition) is 3. The molecule has 1 rings (SSSR count). The van der Waals surface area contributed by atoms with Gasteiger partial charge in [-0.25, -0.2) is 0 Å². The minimum Gasteiger partial charge on any atom is -0.293 e. The zero-order valence-electron chi connectivity index (χ0n) is 8.56. The molecular weight excluding hydrogens is 194 g/mol. The maximum atomic E-state index is 11.6. The van der Waals surface area contributed by atoms with Gasteiger partial charge < -0.3 is 0 Å². The summed E-state index contributed by atoms with van der Waals surface area (Å²) in [6.45, 7) is 4.31. The van der Waals surface area contributed by atoms with Crippen LogP contribution in [0.15, 0.2) is 24.5 Å². The standard InChI is InChI=1S/C11H15NOS/c1-9(2)7-14-8-11(13)10-4-3-5-12-6-10/h3-6,9H,7-8H2,1-2H3. The summed E-state index contributed by atoms with van der Waals surface area (Å²) in [6.07, 6.45) is 3.30. The smallest absolute Gasteiger partial charge is 0.174 e. The number of rotatable bonds is 5. The lowest BCUT2D eigenvalue weighted by molar-refractivity contribution is 0.102. The van der Waals surface area contributed by atoms with E-state index < -0.39 is 0 Å². The van der Waals surface area contributed by atoms with E-state index in [2.05, 4.69) is 18.8 Å². The molecule has 0 aliphatic rings. The predicted octanol–water partition coefficient (Wildman–Crippen LogP) is 2.65. The van der Waals surface area contributed by atoms with Gasteiger partial charge in [-0.05, 0) is 23.8 Å². The lowest BCUT2D eigenvalue weighted by Gasteiger charge is -2.03. The molecule has 1 heterocycles. The van der Waals surface area contributed by atoms with Crippen LogP contribution in [0.5, 0.6) is 0 Å². The van der Waals surface area contributed by atoms with Crippen molar-refractivity contribution in [2.45, 2.75) is 13.8 Å². The second kappa shape index (κ2) is 5.81. The quantitative estimate of drug-likeness (QED) is 0.698. The summed E-state index contributed by atoms with van der Waals surface area (Å²) in [7, 11) is 0. The first-order chi connectivity index (χ1) is 6.70. The number of Topliss-reactive ketones (excluding diaryl/α,β-unsaturated/α-hetero) is 1. The molecule has 1 aromatic rings. The van der Waals surface area contributed by atoms with E-state index in [1.165, 1.54) is 0 Å². The SMILES string of the molecule is CC(C)CSCC(=O)c1cccnc1. The Labute approximate surface area is 89.1 Å². The van der Waals surface area contributed by atoms with Gasteiger partial charge in [0.25, 0.3) is 0 Å². The summed E-state index contributed by atoms with van der Waals surface area (Å²) >= 11 is 1.69. The Kier molecular flexibility index (Phi) is 4.66. The van der Waals surface area contributed by atoms with Crippen molar-refractivity contribution in [2.24, 2.45) is 5.92 Å². The van der Waals surface area contributed by atoms with E-state index >= 15 is 0 Å². The van der Waals surface area contributed by atoms with Crippen molar-refractivity contribution in [3.8, 4) is 0 Å². The molecule has 0 N–H and O–H groups in total. The normalized spacial score (nSPS) is 10.5. The van der Waals surface area contributed by atoms with Gasteiger partial charge in [0.1, 0.15) is 0 Å². The molecule has 1 aromatic heterocycles. The maximum Gasteiger partial charge on any atom is 0.174 e. The number of hydrogen-bond donors (Lipinski definition) is 0. The average Bonchev–Trinajstić information content (AvgIpc) is 2.18. The summed E-state index contributed by atoms with van der Waals surface area (Å²) in [5.41, 5.74) is 0.712. The fraction of sp³-hybridized carbons (Fsp3) is 0.455. The molecule has 0 amide bonds. The van der Waals surface area contributed by atoms with Crippen molar-refractivity contribution >= 4 is 17.5 Å². The van der Waals surface area contributed by atoms with Crippen LogP contribution < -0.4 is 0 Å². The van der Waals surface area contributed by atoms with Crippen LogP contribution in [0.2, 0.25) is 0 Å². The predicted molar refractivity (Wildman–Crippen MR) is 60.7 cm³/mol. The van der Waals surface area contributed by atoms with Gasteiger partial charge in [0.2, 0.25) is 0 Å². The molecule has 0 fully saturated rings. The molecule has 0 radical (unpaired) electrons. The molecule has 3 heteroatoms. The van der Waals surface area contributed by atoms with E-state index in [0.29, 0.717) is 17.2 Å². The third kappa shape index (κ3) is 3.92. The Bertz CT molecular complexity index is 285. The van der Waals surface area contributed by atoms with E-state index in [1.807, 2.05) is 6.07 Å². The highest BCUT2D eigenvalue weighted by Crippen LogP contribution is 2.10. The first kappa shape index (κ1) is 11.2. The van der Waals surface area contributed by atoms with Gasteiger partial charge in [-0.15, -0.1) is 0 Å². The molecule has 0 bridgehead atoms. The minimum absolute atomic E-state index is 0.170. The van der Waals surface area contributed by atoms with Crippen LogP contribution in [0.3, 0.4) is 0 Å². The molecule has 0 aliphatic carbocycles. The van der Waals surface area contributed by atoms with E-state index in [4.69, 9.17) is 0 Å². The van der Waals surface area contributed by atoms with Crippen molar-refractivity contribution < 1.29 is 4.79 Å². The first-order valence-electron chi connectivity index (χ1n) is 4.71. The molecule has 0 saturated carbocycles. The lowest BCUT2D eigenvalue weighted by Crippen LogP contribution is -2.04. The van der Waals surface area contributed by atoms with Gasteiger partial charge in [0, 0.05) is 18.0 Å². The highest BCUT2D eigenvalue weighted by atomic mass is 32.2. The van der Waals surface area contributed by atoms with Crippen LogP contribution in [0.4, 0.5) is 0 Å². The number of thioether (sulfide) groups is 1. The molecule has 0 aromatic carbocycles. The molecule has 0 aliphatic heterocycles. The zero-order valence-corrected chi connectivity index (χ0v) is 9.38. The van der Waals surface area contributed by atoms with Gasteiger partial charge in [-0.1, -0.05) is 13.8 Å². The summed E-state index contributed by atoms with van der Waals surface area (Å²) in [5, 5.41) is 0. The topological polar surface area (TPSA) is 30.0 Å². The fourth-order valence-electron chi connectivity index (χ4n) is 0.998. The second-order valence-electron chi connectivity index (χ2n) is 3.57.